The van der Waals surface area contributed by atoms with Gasteiger partial charge in [0.15, 0.2) is 0 Å². The van der Waals surface area contributed by atoms with Crippen LogP contribution in [0.3, 0.4) is 0 Å². The van der Waals surface area contributed by atoms with Crippen LogP contribution in [0.15, 0.2) is 224 Å². The Bertz CT molecular complexity index is 3170. The predicted octanol–water partition coefficient (Wildman–Crippen LogP) is 16.4. The van der Waals surface area contributed by atoms with E-state index in [0.29, 0.717) is 0 Å². The number of nitrogens with zero attached hydrogens (tertiary/aromatic N) is 1. The van der Waals surface area contributed by atoms with Crippen molar-refractivity contribution in [1.29, 1.82) is 0 Å². The van der Waals surface area contributed by atoms with Crippen LogP contribution >= 0.6 is 0 Å². The lowest BCUT2D eigenvalue weighted by Crippen LogP contribution is -2.15. The fourth-order valence-electron chi connectivity index (χ4n) is 9.67. The van der Waals surface area contributed by atoms with E-state index in [1.54, 1.807) is 0 Å². The van der Waals surface area contributed by atoms with Crippen molar-refractivity contribution in [3.63, 3.8) is 0 Å². The molecule has 0 bridgehead atoms. The number of hydrogen-bond acceptors (Lipinski definition) is 1. The van der Waals surface area contributed by atoms with E-state index in [1.165, 1.54) is 88.3 Å². The van der Waals surface area contributed by atoms with E-state index >= 15 is 0 Å². The third-order valence-corrected chi connectivity index (χ3v) is 12.6. The molecular formula is C59H43N. The van der Waals surface area contributed by atoms with E-state index in [0.717, 1.165) is 17.1 Å². The first-order chi connectivity index (χ1) is 29.5. The monoisotopic (exact) mass is 765 g/mol. The normalized spacial score (nSPS) is 12.6. The average Bonchev–Trinajstić information content (AvgIpc) is 3.54. The second kappa shape index (κ2) is 14.4. The maximum atomic E-state index is 2.52. The predicted molar refractivity (Wildman–Crippen MR) is 255 cm³/mol. The van der Waals surface area contributed by atoms with E-state index in [4.69, 9.17) is 0 Å². The van der Waals surface area contributed by atoms with Crippen molar-refractivity contribution < 1.29 is 0 Å². The Balaban J connectivity index is 1.25. The third kappa shape index (κ3) is 6.01. The summed E-state index contributed by atoms with van der Waals surface area (Å²) in [5.41, 5.74) is 18.0. The first kappa shape index (κ1) is 35.7. The summed E-state index contributed by atoms with van der Waals surface area (Å²) in [5, 5.41) is 4.91. The Morgan fingerprint density at radius 2 is 0.900 bits per heavy atom. The maximum Gasteiger partial charge on any atom is 0.0546 e. The quantitative estimate of drug-likeness (QED) is 0.156. The summed E-state index contributed by atoms with van der Waals surface area (Å²) in [6.07, 6.45) is 0. The lowest BCUT2D eigenvalue weighted by atomic mass is 9.82. The van der Waals surface area contributed by atoms with Gasteiger partial charge in [-0.1, -0.05) is 196 Å². The molecule has 0 aromatic heterocycles. The maximum absolute atomic E-state index is 2.52. The highest BCUT2D eigenvalue weighted by molar-refractivity contribution is 6.06. The Labute approximate surface area is 352 Å². The number of benzene rings is 10. The van der Waals surface area contributed by atoms with Crippen LogP contribution in [0.4, 0.5) is 17.1 Å². The van der Waals surface area contributed by atoms with Gasteiger partial charge in [-0.3, -0.25) is 0 Å². The van der Waals surface area contributed by atoms with Gasteiger partial charge in [0.1, 0.15) is 0 Å². The molecule has 0 atom stereocenters. The zero-order chi connectivity index (χ0) is 40.2. The molecule has 60 heavy (non-hydrogen) atoms. The van der Waals surface area contributed by atoms with Crippen molar-refractivity contribution in [3.8, 4) is 55.6 Å². The average molecular weight is 766 g/mol. The highest BCUT2D eigenvalue weighted by atomic mass is 15.1. The van der Waals surface area contributed by atoms with Crippen molar-refractivity contribution >= 4 is 38.6 Å². The van der Waals surface area contributed by atoms with Gasteiger partial charge in [-0.2, -0.15) is 0 Å². The van der Waals surface area contributed by atoms with Crippen molar-refractivity contribution in [2.24, 2.45) is 0 Å². The Hall–Kier alpha value is -7.48. The minimum Gasteiger partial charge on any atom is -0.310 e. The second-order valence-corrected chi connectivity index (χ2v) is 16.5. The van der Waals surface area contributed by atoms with Gasteiger partial charge in [-0.05, 0) is 125 Å². The zero-order valence-electron chi connectivity index (χ0n) is 33.8. The summed E-state index contributed by atoms with van der Waals surface area (Å²) in [6.45, 7) is 4.71. The molecule has 284 valence electrons. The summed E-state index contributed by atoms with van der Waals surface area (Å²) >= 11 is 0. The van der Waals surface area contributed by atoms with E-state index in [9.17, 15) is 0 Å². The molecule has 0 amide bonds. The van der Waals surface area contributed by atoms with Gasteiger partial charge in [-0.25, -0.2) is 0 Å². The Morgan fingerprint density at radius 1 is 0.317 bits per heavy atom. The molecule has 10 aromatic rings. The molecule has 0 unspecified atom stereocenters. The minimum absolute atomic E-state index is 0.104. The van der Waals surface area contributed by atoms with E-state index in [-0.39, 0.29) is 5.41 Å². The molecule has 0 radical (unpaired) electrons. The molecule has 1 aliphatic carbocycles. The van der Waals surface area contributed by atoms with Gasteiger partial charge in [0.05, 0.1) is 5.69 Å². The summed E-state index contributed by atoms with van der Waals surface area (Å²) in [5.74, 6) is 0. The first-order valence-electron chi connectivity index (χ1n) is 20.9. The molecule has 1 heteroatoms. The van der Waals surface area contributed by atoms with Crippen LogP contribution in [-0.4, -0.2) is 0 Å². The topological polar surface area (TPSA) is 3.24 Å². The van der Waals surface area contributed by atoms with Gasteiger partial charge in [-0.15, -0.1) is 0 Å². The smallest absolute Gasteiger partial charge is 0.0546 e. The minimum atomic E-state index is -0.104. The van der Waals surface area contributed by atoms with Crippen LogP contribution in [-0.2, 0) is 5.41 Å². The van der Waals surface area contributed by atoms with Gasteiger partial charge in [0, 0.05) is 22.4 Å². The molecule has 0 N–H and O–H groups in total. The molecular weight excluding hydrogens is 723 g/mol. The van der Waals surface area contributed by atoms with Crippen LogP contribution in [0.2, 0.25) is 0 Å². The van der Waals surface area contributed by atoms with Crippen LogP contribution in [0.25, 0.3) is 77.2 Å². The van der Waals surface area contributed by atoms with Gasteiger partial charge < -0.3 is 4.90 Å². The molecule has 0 aliphatic heterocycles. The molecule has 10 aromatic carbocycles. The third-order valence-electron chi connectivity index (χ3n) is 12.6. The Kier molecular flexibility index (Phi) is 8.57. The first-order valence-corrected chi connectivity index (χ1v) is 20.9. The lowest BCUT2D eigenvalue weighted by molar-refractivity contribution is 0.660. The molecule has 1 nitrogen and oxygen atoms in total. The fraction of sp³-hybridized carbons (Fsp3) is 0.0508. The van der Waals surface area contributed by atoms with Crippen molar-refractivity contribution in [2.75, 3.05) is 4.90 Å². The Morgan fingerprint density at radius 3 is 1.67 bits per heavy atom. The lowest BCUT2D eigenvalue weighted by Gasteiger charge is -2.31. The van der Waals surface area contributed by atoms with E-state index in [2.05, 4.69) is 243 Å². The largest absolute Gasteiger partial charge is 0.310 e. The summed E-state index contributed by atoms with van der Waals surface area (Å²) < 4.78 is 0. The summed E-state index contributed by atoms with van der Waals surface area (Å²) in [4.78, 5) is 2.52. The van der Waals surface area contributed by atoms with Crippen LogP contribution < -0.4 is 4.90 Å². The highest BCUT2D eigenvalue weighted by Crippen LogP contribution is 2.53. The second-order valence-electron chi connectivity index (χ2n) is 16.5. The number of anilines is 3. The molecule has 0 saturated carbocycles. The molecule has 11 rings (SSSR count). The van der Waals surface area contributed by atoms with Crippen molar-refractivity contribution in [2.45, 2.75) is 19.3 Å². The van der Waals surface area contributed by atoms with Crippen molar-refractivity contribution in [3.05, 3.63) is 236 Å². The molecule has 0 fully saturated rings. The van der Waals surface area contributed by atoms with E-state index in [1.807, 2.05) is 0 Å². The fourth-order valence-corrected chi connectivity index (χ4v) is 9.67. The zero-order valence-corrected chi connectivity index (χ0v) is 33.8. The number of fused-ring (bicyclic) bond motifs is 5. The summed E-state index contributed by atoms with van der Waals surface area (Å²) in [7, 11) is 0. The molecule has 0 spiro atoms. The number of hydrogen-bond donors (Lipinski definition) is 0. The van der Waals surface area contributed by atoms with Gasteiger partial charge in [0.2, 0.25) is 0 Å². The van der Waals surface area contributed by atoms with Crippen molar-refractivity contribution in [1.82, 2.24) is 0 Å². The summed E-state index contributed by atoms with van der Waals surface area (Å²) in [6, 6.07) is 82.8. The van der Waals surface area contributed by atoms with Gasteiger partial charge >= 0.3 is 0 Å². The molecule has 1 aliphatic rings. The van der Waals surface area contributed by atoms with Crippen LogP contribution in [0, 0.1) is 0 Å². The van der Waals surface area contributed by atoms with E-state index < -0.39 is 0 Å². The molecule has 0 saturated heterocycles. The van der Waals surface area contributed by atoms with Crippen LogP contribution in [0.1, 0.15) is 25.0 Å². The SMILES string of the molecule is CC1(C)c2ccccc2-c2cc(N(c3cc(-c4ccccc4)cc(-c4ccccc4)c3)c3cccc(-c4cccc5ccccc45)c3-c3ccc4ccccc4c3)ccc21. The standard InChI is InChI=1S/C59H43N/c1-59(2)55-29-14-13-26-52(55)54-39-48(33-34-56(54)59)60(49-37-46(40-17-5-3-6-18-40)36-47(38-49)41-19-7-4-8-20-41)57-30-16-28-53(51-27-15-24-43-22-11-12-25-50(43)51)58(57)45-32-31-42-21-9-10-23-44(42)35-45/h3-39H,1-2H3. The van der Waals surface area contributed by atoms with Crippen LogP contribution in [0.5, 0.6) is 0 Å². The van der Waals surface area contributed by atoms with Gasteiger partial charge in [0.25, 0.3) is 0 Å². The molecule has 0 heterocycles. The highest BCUT2D eigenvalue weighted by Gasteiger charge is 2.36. The number of rotatable bonds is 7.